The van der Waals surface area contributed by atoms with Crippen LogP contribution in [0.3, 0.4) is 0 Å². The Morgan fingerprint density at radius 3 is 3.07 bits per heavy atom. The van der Waals surface area contributed by atoms with Gasteiger partial charge in [-0.25, -0.2) is 0 Å². The number of halogens is 1. The first-order chi connectivity index (χ1) is 6.81. The van der Waals surface area contributed by atoms with Crippen molar-refractivity contribution in [3.05, 3.63) is 40.5 Å². The third-order valence-electron chi connectivity index (χ3n) is 2.11. The third-order valence-corrected chi connectivity index (χ3v) is 2.60. The van der Waals surface area contributed by atoms with Gasteiger partial charge in [-0.2, -0.15) is 0 Å². The van der Waals surface area contributed by atoms with E-state index in [2.05, 4.69) is 33.0 Å². The Labute approximate surface area is 90.9 Å². The zero-order valence-corrected chi connectivity index (χ0v) is 9.21. The van der Waals surface area contributed by atoms with Crippen LogP contribution >= 0.6 is 15.9 Å². The van der Waals surface area contributed by atoms with Crippen molar-refractivity contribution in [2.75, 3.05) is 6.54 Å². The number of fused-ring (bicyclic) bond motifs is 1. The molecule has 2 rings (SSSR count). The summed E-state index contributed by atoms with van der Waals surface area (Å²) in [4.78, 5) is 3.22. The van der Waals surface area contributed by atoms with Crippen LogP contribution in [0.15, 0.2) is 34.9 Å². The van der Waals surface area contributed by atoms with Gasteiger partial charge in [-0.15, -0.1) is 0 Å². The molecule has 0 unspecified atom stereocenters. The highest BCUT2D eigenvalue weighted by atomic mass is 79.9. The standard InChI is InChI=1S/C11H11BrN2/c12-9-3-4-10-8(2-1-5-13)7-14-11(10)6-9/h1-4,6-7,14H,5,13H2. The van der Waals surface area contributed by atoms with E-state index in [1.165, 1.54) is 10.9 Å². The molecule has 1 aromatic carbocycles. The van der Waals surface area contributed by atoms with Gasteiger partial charge in [0.1, 0.15) is 0 Å². The van der Waals surface area contributed by atoms with Gasteiger partial charge in [0.05, 0.1) is 0 Å². The predicted octanol–water partition coefficient (Wildman–Crippen LogP) is 2.90. The molecule has 0 saturated carbocycles. The number of nitrogens with one attached hydrogen (secondary N) is 1. The Morgan fingerprint density at radius 1 is 1.43 bits per heavy atom. The first-order valence-corrected chi connectivity index (χ1v) is 5.24. The highest BCUT2D eigenvalue weighted by Gasteiger charge is 2.00. The maximum absolute atomic E-state index is 5.41. The van der Waals surface area contributed by atoms with Crippen LogP contribution in [0.5, 0.6) is 0 Å². The number of nitrogens with two attached hydrogens (primary N) is 1. The number of rotatable bonds is 2. The molecule has 72 valence electrons. The van der Waals surface area contributed by atoms with E-state index in [-0.39, 0.29) is 0 Å². The van der Waals surface area contributed by atoms with Gasteiger partial charge in [0.15, 0.2) is 0 Å². The summed E-state index contributed by atoms with van der Waals surface area (Å²) >= 11 is 3.44. The fraction of sp³-hybridized carbons (Fsp3) is 0.0909. The van der Waals surface area contributed by atoms with Crippen LogP contribution in [0.4, 0.5) is 0 Å². The summed E-state index contributed by atoms with van der Waals surface area (Å²) in [5.74, 6) is 0. The molecule has 0 aliphatic rings. The van der Waals surface area contributed by atoms with Gasteiger partial charge < -0.3 is 10.7 Å². The Kier molecular flexibility index (Phi) is 2.70. The van der Waals surface area contributed by atoms with E-state index in [0.29, 0.717) is 6.54 Å². The lowest BCUT2D eigenvalue weighted by atomic mass is 10.1. The van der Waals surface area contributed by atoms with Crippen LogP contribution in [-0.4, -0.2) is 11.5 Å². The molecular weight excluding hydrogens is 240 g/mol. The summed E-state index contributed by atoms with van der Waals surface area (Å²) in [6.45, 7) is 0.573. The van der Waals surface area contributed by atoms with Crippen molar-refractivity contribution in [1.82, 2.24) is 4.98 Å². The monoisotopic (exact) mass is 250 g/mol. The van der Waals surface area contributed by atoms with Crippen molar-refractivity contribution >= 4 is 32.9 Å². The van der Waals surface area contributed by atoms with Crippen LogP contribution in [0.1, 0.15) is 5.56 Å². The van der Waals surface area contributed by atoms with Gasteiger partial charge in [-0.1, -0.05) is 34.1 Å². The first-order valence-electron chi connectivity index (χ1n) is 4.44. The molecule has 0 bridgehead atoms. The molecule has 0 radical (unpaired) electrons. The van der Waals surface area contributed by atoms with E-state index in [1.54, 1.807) is 0 Å². The van der Waals surface area contributed by atoms with E-state index in [4.69, 9.17) is 5.73 Å². The minimum atomic E-state index is 0.573. The fourth-order valence-electron chi connectivity index (χ4n) is 1.45. The van der Waals surface area contributed by atoms with Crippen LogP contribution in [0.2, 0.25) is 0 Å². The SMILES string of the molecule is NCC=Cc1c[nH]c2cc(Br)ccc12. The van der Waals surface area contributed by atoms with Gasteiger partial charge in [-0.3, -0.25) is 0 Å². The molecule has 0 amide bonds. The highest BCUT2D eigenvalue weighted by Crippen LogP contribution is 2.22. The van der Waals surface area contributed by atoms with Crippen LogP contribution in [-0.2, 0) is 0 Å². The van der Waals surface area contributed by atoms with Crippen molar-refractivity contribution in [3.63, 3.8) is 0 Å². The Morgan fingerprint density at radius 2 is 2.29 bits per heavy atom. The Balaban J connectivity index is 2.53. The van der Waals surface area contributed by atoms with E-state index in [0.717, 1.165) is 9.99 Å². The Bertz CT molecular complexity index is 471. The zero-order chi connectivity index (χ0) is 9.97. The summed E-state index contributed by atoms with van der Waals surface area (Å²) in [6.07, 6.45) is 5.97. The highest BCUT2D eigenvalue weighted by molar-refractivity contribution is 9.10. The van der Waals surface area contributed by atoms with Gasteiger partial charge >= 0.3 is 0 Å². The average molecular weight is 251 g/mol. The van der Waals surface area contributed by atoms with Crippen LogP contribution in [0, 0.1) is 0 Å². The molecule has 0 spiro atoms. The molecule has 14 heavy (non-hydrogen) atoms. The van der Waals surface area contributed by atoms with E-state index >= 15 is 0 Å². The number of hydrogen-bond acceptors (Lipinski definition) is 1. The summed E-state index contributed by atoms with van der Waals surface area (Å²) < 4.78 is 1.08. The van der Waals surface area contributed by atoms with Crippen molar-refractivity contribution < 1.29 is 0 Å². The zero-order valence-electron chi connectivity index (χ0n) is 7.63. The molecule has 3 heteroatoms. The van der Waals surface area contributed by atoms with Gasteiger partial charge in [0.2, 0.25) is 0 Å². The Hall–Kier alpha value is -1.06. The summed E-state index contributed by atoms with van der Waals surface area (Å²) in [5, 5.41) is 1.22. The molecule has 0 aliphatic heterocycles. The number of aromatic amines is 1. The van der Waals surface area contributed by atoms with Crippen LogP contribution < -0.4 is 5.73 Å². The maximum atomic E-state index is 5.41. The van der Waals surface area contributed by atoms with Gasteiger partial charge in [0, 0.05) is 28.1 Å². The second-order valence-electron chi connectivity index (χ2n) is 3.07. The molecule has 2 nitrogen and oxygen atoms in total. The fourth-order valence-corrected chi connectivity index (χ4v) is 1.81. The quantitative estimate of drug-likeness (QED) is 0.846. The van der Waals surface area contributed by atoms with E-state index < -0.39 is 0 Å². The predicted molar refractivity (Wildman–Crippen MR) is 64.1 cm³/mol. The molecule has 3 N–H and O–H groups in total. The van der Waals surface area contributed by atoms with Crippen LogP contribution in [0.25, 0.3) is 17.0 Å². The molecule has 0 atom stereocenters. The number of aromatic nitrogens is 1. The van der Waals surface area contributed by atoms with Gasteiger partial charge in [-0.05, 0) is 17.7 Å². The maximum Gasteiger partial charge on any atom is 0.0471 e. The van der Waals surface area contributed by atoms with Crippen molar-refractivity contribution in [1.29, 1.82) is 0 Å². The van der Waals surface area contributed by atoms with E-state index in [9.17, 15) is 0 Å². The minimum Gasteiger partial charge on any atom is -0.361 e. The molecule has 0 aliphatic carbocycles. The van der Waals surface area contributed by atoms with Crippen molar-refractivity contribution in [2.45, 2.75) is 0 Å². The molecule has 2 aromatic rings. The number of hydrogen-bond donors (Lipinski definition) is 2. The summed E-state index contributed by atoms with van der Waals surface area (Å²) in [5.41, 5.74) is 7.72. The second kappa shape index (κ2) is 3.98. The average Bonchev–Trinajstić information content (AvgIpc) is 2.57. The normalized spacial score (nSPS) is 11.6. The first kappa shape index (κ1) is 9.49. The summed E-state index contributed by atoms with van der Waals surface area (Å²) in [6, 6.07) is 6.19. The smallest absolute Gasteiger partial charge is 0.0471 e. The van der Waals surface area contributed by atoms with Gasteiger partial charge in [0.25, 0.3) is 0 Å². The number of H-pyrrole nitrogens is 1. The summed E-state index contributed by atoms with van der Waals surface area (Å²) in [7, 11) is 0. The molecule has 0 saturated heterocycles. The lowest BCUT2D eigenvalue weighted by Crippen LogP contribution is -1.91. The second-order valence-corrected chi connectivity index (χ2v) is 3.99. The lowest BCUT2D eigenvalue weighted by molar-refractivity contribution is 1.26. The minimum absolute atomic E-state index is 0.573. The molecule has 1 heterocycles. The van der Waals surface area contributed by atoms with E-state index in [1.807, 2.05) is 24.4 Å². The van der Waals surface area contributed by atoms with Crippen molar-refractivity contribution in [2.24, 2.45) is 5.73 Å². The lowest BCUT2D eigenvalue weighted by Gasteiger charge is -1.92. The third kappa shape index (κ3) is 1.74. The number of benzene rings is 1. The molecule has 0 fully saturated rings. The van der Waals surface area contributed by atoms with Crippen molar-refractivity contribution in [3.8, 4) is 0 Å². The largest absolute Gasteiger partial charge is 0.361 e. The topological polar surface area (TPSA) is 41.8 Å². The molecule has 1 aromatic heterocycles. The molecular formula is C11H11BrN2.